The van der Waals surface area contributed by atoms with E-state index in [1.165, 1.54) is 25.1 Å². The van der Waals surface area contributed by atoms with Crippen molar-refractivity contribution in [3.8, 4) is 0 Å². The molecule has 1 aromatic rings. The maximum atomic E-state index is 13.4. The van der Waals surface area contributed by atoms with Gasteiger partial charge in [-0.2, -0.15) is 0 Å². The Morgan fingerprint density at radius 2 is 2.05 bits per heavy atom. The first kappa shape index (κ1) is 15.1. The predicted octanol–water partition coefficient (Wildman–Crippen LogP) is 1.71. The van der Waals surface area contributed by atoms with Gasteiger partial charge in [0.25, 0.3) is 0 Å². The Labute approximate surface area is 111 Å². The van der Waals surface area contributed by atoms with E-state index in [1.807, 2.05) is 0 Å². The summed E-state index contributed by atoms with van der Waals surface area (Å²) in [5.74, 6) is -1.34. The molecule has 1 rings (SSSR count). The van der Waals surface area contributed by atoms with E-state index in [-0.39, 0.29) is 23.4 Å². The highest BCUT2D eigenvalue weighted by Crippen LogP contribution is 2.20. The van der Waals surface area contributed by atoms with Gasteiger partial charge in [-0.3, -0.25) is 9.59 Å². The SMILES string of the molecule is CC(=O)Nc1cc(NC(=O)C(C)CCN)ccc1F. The number of halogens is 1. The van der Waals surface area contributed by atoms with Crippen LogP contribution in [0.3, 0.4) is 0 Å². The van der Waals surface area contributed by atoms with Crippen LogP contribution in [0.1, 0.15) is 20.3 Å². The first-order valence-electron chi connectivity index (χ1n) is 6.02. The number of amides is 2. The lowest BCUT2D eigenvalue weighted by molar-refractivity contribution is -0.119. The van der Waals surface area contributed by atoms with Crippen molar-refractivity contribution in [2.45, 2.75) is 20.3 Å². The Kier molecular flexibility index (Phi) is 5.44. The fraction of sp³-hybridized carbons (Fsp3) is 0.385. The van der Waals surface area contributed by atoms with E-state index in [0.717, 1.165) is 0 Å². The van der Waals surface area contributed by atoms with Crippen LogP contribution in [0.4, 0.5) is 15.8 Å². The normalized spacial score (nSPS) is 11.8. The van der Waals surface area contributed by atoms with Gasteiger partial charge < -0.3 is 16.4 Å². The summed E-state index contributed by atoms with van der Waals surface area (Å²) in [4.78, 5) is 22.7. The summed E-state index contributed by atoms with van der Waals surface area (Å²) >= 11 is 0. The molecule has 19 heavy (non-hydrogen) atoms. The number of rotatable bonds is 5. The Hall–Kier alpha value is -1.95. The highest BCUT2D eigenvalue weighted by molar-refractivity contribution is 5.94. The molecule has 1 atom stereocenters. The molecule has 2 amide bonds. The average molecular weight is 267 g/mol. The van der Waals surface area contributed by atoms with Crippen LogP contribution in [0, 0.1) is 11.7 Å². The summed E-state index contributed by atoms with van der Waals surface area (Å²) < 4.78 is 13.4. The van der Waals surface area contributed by atoms with Crippen molar-refractivity contribution in [1.29, 1.82) is 0 Å². The molecule has 0 saturated heterocycles. The number of carbonyl (C=O) groups excluding carboxylic acids is 2. The van der Waals surface area contributed by atoms with Crippen LogP contribution in [0.2, 0.25) is 0 Å². The van der Waals surface area contributed by atoms with Gasteiger partial charge in [-0.05, 0) is 31.2 Å². The molecule has 104 valence electrons. The number of anilines is 2. The van der Waals surface area contributed by atoms with Gasteiger partial charge >= 0.3 is 0 Å². The van der Waals surface area contributed by atoms with E-state index in [2.05, 4.69) is 10.6 Å². The monoisotopic (exact) mass is 267 g/mol. The molecule has 5 nitrogen and oxygen atoms in total. The number of nitrogens with one attached hydrogen (secondary N) is 2. The third-order valence-electron chi connectivity index (χ3n) is 2.59. The minimum atomic E-state index is -0.553. The second-order valence-corrected chi connectivity index (χ2v) is 4.34. The van der Waals surface area contributed by atoms with Crippen LogP contribution in [0.5, 0.6) is 0 Å². The molecule has 0 aliphatic heterocycles. The summed E-state index contributed by atoms with van der Waals surface area (Å²) in [6.07, 6.45) is 0.575. The summed E-state index contributed by atoms with van der Waals surface area (Å²) in [6.45, 7) is 3.48. The van der Waals surface area contributed by atoms with E-state index in [9.17, 15) is 14.0 Å². The van der Waals surface area contributed by atoms with Gasteiger partial charge in [-0.1, -0.05) is 6.92 Å². The number of carbonyl (C=O) groups is 2. The third kappa shape index (κ3) is 4.67. The Morgan fingerprint density at radius 1 is 1.37 bits per heavy atom. The smallest absolute Gasteiger partial charge is 0.227 e. The van der Waals surface area contributed by atoms with Gasteiger partial charge in [-0.15, -0.1) is 0 Å². The minimum Gasteiger partial charge on any atom is -0.330 e. The lowest BCUT2D eigenvalue weighted by Gasteiger charge is -2.12. The highest BCUT2D eigenvalue weighted by atomic mass is 19.1. The summed E-state index contributed by atoms with van der Waals surface area (Å²) in [5.41, 5.74) is 5.85. The topological polar surface area (TPSA) is 84.2 Å². The maximum Gasteiger partial charge on any atom is 0.227 e. The van der Waals surface area contributed by atoms with Gasteiger partial charge in [0.15, 0.2) is 0 Å². The second-order valence-electron chi connectivity index (χ2n) is 4.34. The number of hydrogen-bond acceptors (Lipinski definition) is 3. The summed E-state index contributed by atoms with van der Waals surface area (Å²) in [6, 6.07) is 4.01. The molecule has 0 aromatic heterocycles. The van der Waals surface area contributed by atoms with E-state index in [0.29, 0.717) is 18.7 Å². The molecule has 0 aliphatic rings. The van der Waals surface area contributed by atoms with E-state index in [4.69, 9.17) is 5.73 Å². The Bertz CT molecular complexity index is 477. The Balaban J connectivity index is 2.79. The van der Waals surface area contributed by atoms with Gasteiger partial charge in [-0.25, -0.2) is 4.39 Å². The van der Waals surface area contributed by atoms with Crippen LogP contribution in [-0.4, -0.2) is 18.4 Å². The molecule has 0 aliphatic carbocycles. The molecule has 1 unspecified atom stereocenters. The molecule has 4 N–H and O–H groups in total. The zero-order valence-corrected chi connectivity index (χ0v) is 11.0. The molecule has 0 radical (unpaired) electrons. The molecule has 0 heterocycles. The molecule has 0 spiro atoms. The van der Waals surface area contributed by atoms with E-state index in [1.54, 1.807) is 6.92 Å². The molecule has 6 heteroatoms. The summed E-state index contributed by atoms with van der Waals surface area (Å²) in [5, 5.41) is 5.01. The van der Waals surface area contributed by atoms with E-state index >= 15 is 0 Å². The average Bonchev–Trinajstić information content (AvgIpc) is 2.33. The number of hydrogen-bond donors (Lipinski definition) is 3. The highest BCUT2D eigenvalue weighted by Gasteiger charge is 2.13. The van der Waals surface area contributed by atoms with Crippen LogP contribution >= 0.6 is 0 Å². The van der Waals surface area contributed by atoms with Crippen molar-refractivity contribution >= 4 is 23.2 Å². The van der Waals surface area contributed by atoms with E-state index < -0.39 is 5.82 Å². The molecular formula is C13H18FN3O2. The van der Waals surface area contributed by atoms with Gasteiger partial charge in [0.05, 0.1) is 5.69 Å². The first-order chi connectivity index (χ1) is 8.93. The van der Waals surface area contributed by atoms with Crippen LogP contribution in [-0.2, 0) is 9.59 Å². The van der Waals surface area contributed by atoms with Gasteiger partial charge in [0.2, 0.25) is 11.8 Å². The predicted molar refractivity (Wildman–Crippen MR) is 72.2 cm³/mol. The van der Waals surface area contributed by atoms with Crippen LogP contribution in [0.15, 0.2) is 18.2 Å². The van der Waals surface area contributed by atoms with Crippen molar-refractivity contribution < 1.29 is 14.0 Å². The maximum absolute atomic E-state index is 13.4. The van der Waals surface area contributed by atoms with Crippen molar-refractivity contribution in [2.75, 3.05) is 17.2 Å². The van der Waals surface area contributed by atoms with Crippen molar-refractivity contribution in [1.82, 2.24) is 0 Å². The fourth-order valence-electron chi connectivity index (χ4n) is 1.54. The first-order valence-corrected chi connectivity index (χ1v) is 6.02. The lowest BCUT2D eigenvalue weighted by atomic mass is 10.1. The van der Waals surface area contributed by atoms with Gasteiger partial charge in [0, 0.05) is 18.5 Å². The Morgan fingerprint density at radius 3 is 2.63 bits per heavy atom. The molecule has 1 aromatic carbocycles. The fourth-order valence-corrected chi connectivity index (χ4v) is 1.54. The second kappa shape index (κ2) is 6.84. The molecule has 0 bridgehead atoms. The number of benzene rings is 1. The van der Waals surface area contributed by atoms with Crippen molar-refractivity contribution in [3.63, 3.8) is 0 Å². The molecular weight excluding hydrogens is 249 g/mol. The van der Waals surface area contributed by atoms with Gasteiger partial charge in [0.1, 0.15) is 5.82 Å². The largest absolute Gasteiger partial charge is 0.330 e. The zero-order valence-electron chi connectivity index (χ0n) is 11.0. The molecule has 0 saturated carbocycles. The zero-order chi connectivity index (χ0) is 14.4. The van der Waals surface area contributed by atoms with Crippen molar-refractivity contribution in [3.05, 3.63) is 24.0 Å². The quantitative estimate of drug-likeness (QED) is 0.759. The molecule has 0 fully saturated rings. The van der Waals surface area contributed by atoms with Crippen molar-refractivity contribution in [2.24, 2.45) is 11.7 Å². The summed E-state index contributed by atoms with van der Waals surface area (Å²) in [7, 11) is 0. The lowest BCUT2D eigenvalue weighted by Crippen LogP contribution is -2.22. The van der Waals surface area contributed by atoms with Crippen LogP contribution in [0.25, 0.3) is 0 Å². The minimum absolute atomic E-state index is 0.0387. The standard InChI is InChI=1S/C13H18FN3O2/c1-8(5-6-15)13(19)17-10-3-4-11(14)12(7-10)16-9(2)18/h3-4,7-8H,5-6,15H2,1-2H3,(H,16,18)(H,17,19). The number of nitrogens with two attached hydrogens (primary N) is 1. The van der Waals surface area contributed by atoms with Crippen LogP contribution < -0.4 is 16.4 Å². The third-order valence-corrected chi connectivity index (χ3v) is 2.59.